The largest absolute Gasteiger partial charge is 0.348 e. The number of sulfonamides is 1. The maximum Gasteiger partial charge on any atom is 0.275 e. The van der Waals surface area contributed by atoms with Gasteiger partial charge in [0.2, 0.25) is 10.0 Å². The molecule has 2 aliphatic rings. The normalized spacial score (nSPS) is 20.7. The van der Waals surface area contributed by atoms with Crippen LogP contribution in [0.2, 0.25) is 0 Å². The van der Waals surface area contributed by atoms with Gasteiger partial charge >= 0.3 is 0 Å². The van der Waals surface area contributed by atoms with Crippen LogP contribution in [0.5, 0.6) is 0 Å². The smallest absolute Gasteiger partial charge is 0.275 e. The van der Waals surface area contributed by atoms with Gasteiger partial charge in [0.05, 0.1) is 26.2 Å². The Morgan fingerprint density at radius 1 is 1.20 bits per heavy atom. The number of hydrogen-bond donors (Lipinski definition) is 2. The first-order valence-corrected chi connectivity index (χ1v) is 10.3. The molecule has 6 nitrogen and oxygen atoms in total. The molecule has 138 valence electrons. The van der Waals surface area contributed by atoms with Crippen LogP contribution < -0.4 is 10.2 Å². The third kappa shape index (κ3) is 4.37. The van der Waals surface area contributed by atoms with Crippen LogP contribution in [0.25, 0.3) is 0 Å². The molecule has 0 atom stereocenters. The van der Waals surface area contributed by atoms with E-state index in [0.29, 0.717) is 38.8 Å². The Hall–Kier alpha value is -1.51. The van der Waals surface area contributed by atoms with Crippen molar-refractivity contribution >= 4 is 15.9 Å². The number of amides is 1. The molecule has 0 unspecified atom stereocenters. The fraction of sp³-hybridized carbons (Fsp3) is 0.588. The van der Waals surface area contributed by atoms with Crippen LogP contribution in [-0.4, -0.2) is 57.4 Å². The summed E-state index contributed by atoms with van der Waals surface area (Å²) in [5.41, 5.74) is 0. The van der Waals surface area contributed by atoms with Gasteiger partial charge in [0, 0.05) is 6.04 Å². The Labute approximate surface area is 148 Å². The zero-order valence-corrected chi connectivity index (χ0v) is 15.0. The lowest BCUT2D eigenvalue weighted by Gasteiger charge is -2.31. The van der Waals surface area contributed by atoms with E-state index in [-0.39, 0.29) is 10.8 Å². The van der Waals surface area contributed by atoms with Gasteiger partial charge in [-0.1, -0.05) is 25.0 Å². The summed E-state index contributed by atoms with van der Waals surface area (Å²) in [7, 11) is -3.82. The molecule has 3 rings (SSSR count). The molecule has 2 N–H and O–H groups in total. The molecule has 1 aliphatic heterocycles. The second kappa shape index (κ2) is 7.80. The summed E-state index contributed by atoms with van der Waals surface area (Å²) in [6, 6.07) is 5.74. The molecule has 25 heavy (non-hydrogen) atoms. The van der Waals surface area contributed by atoms with Gasteiger partial charge in [-0.15, -0.1) is 0 Å². The van der Waals surface area contributed by atoms with E-state index >= 15 is 0 Å². The van der Waals surface area contributed by atoms with E-state index in [0.717, 1.165) is 23.8 Å². The topological polar surface area (TPSA) is 70.9 Å². The minimum atomic E-state index is -3.82. The second-order valence-electron chi connectivity index (χ2n) is 6.81. The number of halogens is 1. The van der Waals surface area contributed by atoms with Crippen molar-refractivity contribution in [1.29, 1.82) is 0 Å². The van der Waals surface area contributed by atoms with E-state index in [1.807, 2.05) is 0 Å². The summed E-state index contributed by atoms with van der Waals surface area (Å²) in [5.74, 6) is -0.694. The molecule has 1 amide bonds. The van der Waals surface area contributed by atoms with E-state index in [9.17, 15) is 17.6 Å². The quantitative estimate of drug-likeness (QED) is 0.753. The fourth-order valence-electron chi connectivity index (χ4n) is 3.59. The highest BCUT2D eigenvalue weighted by Gasteiger charge is 2.32. The number of nitrogens with one attached hydrogen (secondary N) is 2. The van der Waals surface area contributed by atoms with E-state index in [1.165, 1.54) is 35.3 Å². The lowest BCUT2D eigenvalue weighted by molar-refractivity contribution is -0.895. The molecule has 0 aromatic heterocycles. The Morgan fingerprint density at radius 3 is 2.48 bits per heavy atom. The number of rotatable bonds is 5. The summed E-state index contributed by atoms with van der Waals surface area (Å²) < 4.78 is 40.3. The van der Waals surface area contributed by atoms with Gasteiger partial charge < -0.3 is 10.2 Å². The van der Waals surface area contributed by atoms with Crippen LogP contribution in [-0.2, 0) is 14.8 Å². The van der Waals surface area contributed by atoms with Crippen LogP contribution >= 0.6 is 0 Å². The first kappa shape index (κ1) is 18.3. The first-order valence-electron chi connectivity index (χ1n) is 8.84. The van der Waals surface area contributed by atoms with E-state index < -0.39 is 15.8 Å². The van der Waals surface area contributed by atoms with E-state index in [1.54, 1.807) is 0 Å². The van der Waals surface area contributed by atoms with Crippen molar-refractivity contribution in [2.75, 3.05) is 32.7 Å². The minimum absolute atomic E-state index is 0.0345. The average Bonchev–Trinajstić information content (AvgIpc) is 3.08. The number of carbonyl (C=O) groups is 1. The maximum absolute atomic E-state index is 13.8. The number of benzene rings is 1. The highest BCUT2D eigenvalue weighted by molar-refractivity contribution is 7.89. The highest BCUT2D eigenvalue weighted by atomic mass is 32.2. The predicted octanol–water partition coefficient (Wildman–Crippen LogP) is -0.226. The Morgan fingerprint density at radius 2 is 1.84 bits per heavy atom. The number of hydrogen-bond acceptors (Lipinski definition) is 3. The minimum Gasteiger partial charge on any atom is -0.348 e. The molecule has 1 aromatic rings. The molecule has 1 aliphatic carbocycles. The van der Waals surface area contributed by atoms with Crippen molar-refractivity contribution in [1.82, 2.24) is 9.62 Å². The molecule has 0 spiro atoms. The van der Waals surface area contributed by atoms with E-state index in [4.69, 9.17) is 0 Å². The van der Waals surface area contributed by atoms with Crippen molar-refractivity contribution in [2.45, 2.75) is 36.6 Å². The average molecular weight is 370 g/mol. The summed E-state index contributed by atoms with van der Waals surface area (Å²) in [6.07, 6.45) is 4.44. The number of nitrogens with zero attached hydrogens (tertiary/aromatic N) is 1. The van der Waals surface area contributed by atoms with Crippen molar-refractivity contribution in [3.8, 4) is 0 Å². The molecule has 2 fully saturated rings. The third-order valence-electron chi connectivity index (χ3n) is 5.01. The van der Waals surface area contributed by atoms with Crippen molar-refractivity contribution in [3.05, 3.63) is 30.1 Å². The first-order chi connectivity index (χ1) is 12.0. The molecular formula is C17H25FN3O3S+. The van der Waals surface area contributed by atoms with Crippen molar-refractivity contribution in [2.24, 2.45) is 0 Å². The van der Waals surface area contributed by atoms with Gasteiger partial charge in [0.25, 0.3) is 5.91 Å². The SMILES string of the molecule is O=C(C[NH+]1CCN(S(=O)(=O)c2ccccc2F)CC1)NC1CCCC1. The van der Waals surface area contributed by atoms with Gasteiger partial charge in [-0.2, -0.15) is 4.31 Å². The molecule has 1 heterocycles. The van der Waals surface area contributed by atoms with Crippen LogP contribution in [0.4, 0.5) is 4.39 Å². The molecule has 0 bridgehead atoms. The van der Waals surface area contributed by atoms with Gasteiger partial charge in [0.15, 0.2) is 6.54 Å². The van der Waals surface area contributed by atoms with Crippen molar-refractivity contribution < 1.29 is 22.5 Å². The standard InChI is InChI=1S/C17H24FN3O3S/c18-15-7-3-4-8-16(15)25(23,24)21-11-9-20(10-12-21)13-17(22)19-14-5-1-2-6-14/h3-4,7-8,14H,1-2,5-6,9-13H2,(H,19,22)/p+1. The molecule has 1 saturated carbocycles. The van der Waals surface area contributed by atoms with Crippen molar-refractivity contribution in [3.63, 3.8) is 0 Å². The number of piperazine rings is 1. The van der Waals surface area contributed by atoms with Gasteiger partial charge in [-0.3, -0.25) is 4.79 Å². The summed E-state index contributed by atoms with van der Waals surface area (Å²) in [4.78, 5) is 12.9. The third-order valence-corrected chi connectivity index (χ3v) is 6.95. The Kier molecular flexibility index (Phi) is 5.71. The molecule has 1 saturated heterocycles. The second-order valence-corrected chi connectivity index (χ2v) is 8.72. The Bertz CT molecular complexity index is 712. The molecule has 8 heteroatoms. The predicted molar refractivity (Wildman–Crippen MR) is 91.1 cm³/mol. The monoisotopic (exact) mass is 370 g/mol. The van der Waals surface area contributed by atoms with Crippen LogP contribution in [0.15, 0.2) is 29.2 Å². The fourth-order valence-corrected chi connectivity index (χ4v) is 5.09. The van der Waals surface area contributed by atoms with Gasteiger partial charge in [0.1, 0.15) is 10.7 Å². The van der Waals surface area contributed by atoms with Gasteiger partial charge in [-0.05, 0) is 25.0 Å². The van der Waals surface area contributed by atoms with Crippen LogP contribution in [0, 0.1) is 5.82 Å². The number of carbonyl (C=O) groups excluding carboxylic acids is 1. The molecule has 1 aromatic carbocycles. The molecule has 0 radical (unpaired) electrons. The van der Waals surface area contributed by atoms with E-state index in [2.05, 4.69) is 5.32 Å². The summed E-state index contributed by atoms with van der Waals surface area (Å²) in [5, 5.41) is 3.06. The lowest BCUT2D eigenvalue weighted by atomic mass is 10.2. The number of quaternary nitrogens is 1. The van der Waals surface area contributed by atoms with Gasteiger partial charge in [-0.25, -0.2) is 12.8 Å². The highest BCUT2D eigenvalue weighted by Crippen LogP contribution is 2.19. The lowest BCUT2D eigenvalue weighted by Crippen LogP contribution is -3.15. The maximum atomic E-state index is 13.8. The Balaban J connectivity index is 1.53. The zero-order chi connectivity index (χ0) is 17.9. The summed E-state index contributed by atoms with van der Waals surface area (Å²) in [6.45, 7) is 2.05. The van der Waals surface area contributed by atoms with Crippen LogP contribution in [0.1, 0.15) is 25.7 Å². The zero-order valence-electron chi connectivity index (χ0n) is 14.2. The molecular weight excluding hydrogens is 345 g/mol. The summed E-state index contributed by atoms with van der Waals surface area (Å²) >= 11 is 0. The van der Waals surface area contributed by atoms with Crippen LogP contribution in [0.3, 0.4) is 0 Å².